The maximum absolute atomic E-state index is 13.1. The van der Waals surface area contributed by atoms with Crippen LogP contribution in [0.25, 0.3) is 22.6 Å². The third-order valence-corrected chi connectivity index (χ3v) is 8.86. The molecule has 9 nitrogen and oxygen atoms in total. The summed E-state index contributed by atoms with van der Waals surface area (Å²) in [6.07, 6.45) is 8.89. The van der Waals surface area contributed by atoms with Crippen molar-refractivity contribution in [2.24, 2.45) is 0 Å². The van der Waals surface area contributed by atoms with Crippen molar-refractivity contribution in [2.75, 3.05) is 7.11 Å². The Balaban J connectivity index is 1.51. The lowest BCUT2D eigenvalue weighted by atomic mass is 10.0. The molecule has 0 aliphatic heterocycles. The van der Waals surface area contributed by atoms with E-state index in [-0.39, 0.29) is 22.6 Å². The van der Waals surface area contributed by atoms with E-state index in [1.807, 2.05) is 31.3 Å². The SMILES string of the molecule is COc1cc2nc(-n3cc(-c4cc(C(=O)NC5CC5)ccc4C)cn3)cn2cc1S(=O)(=O)C(C)(C)C. The lowest BCUT2D eigenvalue weighted by molar-refractivity contribution is 0.0951. The van der Waals surface area contributed by atoms with Gasteiger partial charge in [0.1, 0.15) is 16.3 Å². The summed E-state index contributed by atoms with van der Waals surface area (Å²) in [5.74, 6) is 0.697. The number of carbonyl (C=O) groups excluding carboxylic acids is 1. The third-order valence-electron chi connectivity index (χ3n) is 6.36. The number of pyridine rings is 1. The first-order valence-electron chi connectivity index (χ1n) is 11.8. The summed E-state index contributed by atoms with van der Waals surface area (Å²) in [4.78, 5) is 17.3. The number of nitrogens with one attached hydrogen (secondary N) is 1. The Morgan fingerprint density at radius 1 is 1.14 bits per heavy atom. The van der Waals surface area contributed by atoms with Crippen LogP contribution in [0.4, 0.5) is 0 Å². The fourth-order valence-corrected chi connectivity index (χ4v) is 5.26. The number of nitrogens with zero attached hydrogens (tertiary/aromatic N) is 4. The van der Waals surface area contributed by atoms with Gasteiger partial charge in [0.05, 0.1) is 24.3 Å². The molecule has 0 bridgehead atoms. The zero-order valence-corrected chi connectivity index (χ0v) is 21.8. The molecule has 0 saturated heterocycles. The first-order chi connectivity index (χ1) is 17.0. The summed E-state index contributed by atoms with van der Waals surface area (Å²) >= 11 is 0. The van der Waals surface area contributed by atoms with Gasteiger partial charge in [0.15, 0.2) is 15.7 Å². The number of hydrogen-bond acceptors (Lipinski definition) is 6. The van der Waals surface area contributed by atoms with E-state index in [1.54, 1.807) is 48.3 Å². The van der Waals surface area contributed by atoms with Crippen molar-refractivity contribution in [3.63, 3.8) is 0 Å². The number of aromatic nitrogens is 4. The maximum Gasteiger partial charge on any atom is 0.251 e. The van der Waals surface area contributed by atoms with E-state index in [4.69, 9.17) is 4.74 Å². The van der Waals surface area contributed by atoms with Crippen molar-refractivity contribution in [3.05, 3.63) is 60.2 Å². The van der Waals surface area contributed by atoms with Gasteiger partial charge in [0.25, 0.3) is 5.91 Å². The highest BCUT2D eigenvalue weighted by Gasteiger charge is 2.34. The number of methoxy groups -OCH3 is 1. The summed E-state index contributed by atoms with van der Waals surface area (Å²) < 4.78 is 33.9. The van der Waals surface area contributed by atoms with Gasteiger partial charge in [0.2, 0.25) is 0 Å². The van der Waals surface area contributed by atoms with Gasteiger partial charge in [0, 0.05) is 35.6 Å². The molecule has 5 rings (SSSR count). The molecule has 1 N–H and O–H groups in total. The molecule has 1 aliphatic rings. The van der Waals surface area contributed by atoms with Crippen molar-refractivity contribution in [3.8, 4) is 22.7 Å². The first kappa shape index (κ1) is 24.1. The molecule has 10 heteroatoms. The van der Waals surface area contributed by atoms with Crippen LogP contribution in [0.15, 0.2) is 53.9 Å². The van der Waals surface area contributed by atoms with Crippen LogP contribution in [0.2, 0.25) is 0 Å². The van der Waals surface area contributed by atoms with Crippen LogP contribution in [-0.2, 0) is 9.84 Å². The molecular weight excluding hydrogens is 478 g/mol. The highest BCUT2D eigenvalue weighted by atomic mass is 32.2. The Morgan fingerprint density at radius 3 is 2.56 bits per heavy atom. The number of benzene rings is 1. The molecule has 1 saturated carbocycles. The Bertz CT molecular complexity index is 1590. The van der Waals surface area contributed by atoms with E-state index in [1.165, 1.54) is 13.3 Å². The van der Waals surface area contributed by atoms with Crippen LogP contribution >= 0.6 is 0 Å². The Labute approximate surface area is 210 Å². The molecule has 0 unspecified atom stereocenters. The number of sulfone groups is 1. The maximum atomic E-state index is 13.1. The van der Waals surface area contributed by atoms with Crippen LogP contribution < -0.4 is 10.1 Å². The van der Waals surface area contributed by atoms with E-state index in [9.17, 15) is 13.2 Å². The Morgan fingerprint density at radius 2 is 1.89 bits per heavy atom. The van der Waals surface area contributed by atoms with E-state index in [0.29, 0.717) is 17.0 Å². The van der Waals surface area contributed by atoms with Crippen LogP contribution in [0, 0.1) is 6.92 Å². The number of imidazole rings is 1. The second-order valence-corrected chi connectivity index (χ2v) is 12.8. The quantitative estimate of drug-likeness (QED) is 0.423. The molecule has 0 radical (unpaired) electrons. The van der Waals surface area contributed by atoms with Gasteiger partial charge in [-0.25, -0.2) is 18.1 Å². The fraction of sp³-hybridized carbons (Fsp3) is 0.346. The lowest BCUT2D eigenvalue weighted by Gasteiger charge is -2.20. The predicted molar refractivity (Wildman–Crippen MR) is 136 cm³/mol. The van der Waals surface area contributed by atoms with Crippen molar-refractivity contribution in [2.45, 2.75) is 56.2 Å². The lowest BCUT2D eigenvalue weighted by Crippen LogP contribution is -2.28. The summed E-state index contributed by atoms with van der Waals surface area (Å²) in [5, 5.41) is 7.50. The number of hydrogen-bond donors (Lipinski definition) is 1. The summed E-state index contributed by atoms with van der Waals surface area (Å²) in [6.45, 7) is 6.96. The molecule has 3 heterocycles. The number of aryl methyl sites for hydroxylation is 1. The molecule has 1 amide bonds. The topological polar surface area (TPSA) is 108 Å². The molecule has 4 aromatic rings. The van der Waals surface area contributed by atoms with Gasteiger partial charge in [-0.1, -0.05) is 6.07 Å². The average molecular weight is 508 g/mol. The van der Waals surface area contributed by atoms with Gasteiger partial charge in [-0.2, -0.15) is 5.10 Å². The minimum Gasteiger partial charge on any atom is -0.495 e. The van der Waals surface area contributed by atoms with Gasteiger partial charge in [-0.05, 0) is 63.8 Å². The average Bonchev–Trinajstić information content (AvgIpc) is 3.33. The highest BCUT2D eigenvalue weighted by molar-refractivity contribution is 7.92. The largest absolute Gasteiger partial charge is 0.495 e. The molecule has 0 atom stereocenters. The Hall–Kier alpha value is -3.66. The van der Waals surface area contributed by atoms with Gasteiger partial charge < -0.3 is 14.5 Å². The molecule has 0 spiro atoms. The smallest absolute Gasteiger partial charge is 0.251 e. The second kappa shape index (κ2) is 8.48. The molecular formula is C26H29N5O4S. The first-order valence-corrected chi connectivity index (χ1v) is 13.2. The minimum atomic E-state index is -3.65. The molecule has 1 fully saturated rings. The van der Waals surface area contributed by atoms with Crippen molar-refractivity contribution >= 4 is 21.4 Å². The minimum absolute atomic E-state index is 0.0681. The van der Waals surface area contributed by atoms with Crippen molar-refractivity contribution in [1.82, 2.24) is 24.5 Å². The standard InChI is InChI=1S/C26H29N5O4S/c1-16-6-7-17(25(32)28-19-8-9-19)10-20(16)18-12-27-31(13-18)24-15-30-14-22(36(33,34)26(2,3)4)21(35-5)11-23(30)29-24/h6-7,10-15,19H,8-9H2,1-5H3,(H,28,32). The van der Waals surface area contributed by atoms with E-state index < -0.39 is 14.6 Å². The third kappa shape index (κ3) is 4.26. The number of rotatable bonds is 6. The van der Waals surface area contributed by atoms with Gasteiger partial charge in [-0.15, -0.1) is 0 Å². The van der Waals surface area contributed by atoms with E-state index in [0.717, 1.165) is 29.5 Å². The van der Waals surface area contributed by atoms with Crippen LogP contribution in [0.1, 0.15) is 49.5 Å². The van der Waals surface area contributed by atoms with Gasteiger partial charge in [-0.3, -0.25) is 4.79 Å². The molecule has 188 valence electrons. The number of fused-ring (bicyclic) bond motifs is 1. The highest BCUT2D eigenvalue weighted by Crippen LogP contribution is 2.33. The van der Waals surface area contributed by atoms with Crippen molar-refractivity contribution < 1.29 is 17.9 Å². The molecule has 1 aromatic carbocycles. The monoisotopic (exact) mass is 507 g/mol. The number of amides is 1. The van der Waals surface area contributed by atoms with Gasteiger partial charge >= 0.3 is 0 Å². The van der Waals surface area contributed by atoms with E-state index in [2.05, 4.69) is 15.4 Å². The Kier molecular flexibility index (Phi) is 5.66. The predicted octanol–water partition coefficient (Wildman–Crippen LogP) is 3.97. The summed E-state index contributed by atoms with van der Waals surface area (Å²) in [6, 6.07) is 7.55. The normalized spacial score (nSPS) is 14.2. The zero-order valence-electron chi connectivity index (χ0n) is 20.9. The summed E-state index contributed by atoms with van der Waals surface area (Å²) in [7, 11) is -2.20. The fourth-order valence-electron chi connectivity index (χ4n) is 3.94. The van der Waals surface area contributed by atoms with E-state index >= 15 is 0 Å². The number of carbonyl (C=O) groups is 1. The van der Waals surface area contributed by atoms with Crippen LogP contribution in [0.5, 0.6) is 5.75 Å². The molecule has 1 aliphatic carbocycles. The molecule has 36 heavy (non-hydrogen) atoms. The van der Waals surface area contributed by atoms with Crippen molar-refractivity contribution in [1.29, 1.82) is 0 Å². The van der Waals surface area contributed by atoms with Crippen LogP contribution in [-0.4, -0.2) is 51.4 Å². The zero-order chi connectivity index (χ0) is 25.8. The molecule has 3 aromatic heterocycles. The summed E-state index contributed by atoms with van der Waals surface area (Å²) in [5.41, 5.74) is 3.92. The second-order valence-electron chi connectivity index (χ2n) is 10.1. The number of ether oxygens (including phenoxy) is 1. The van der Waals surface area contributed by atoms with Crippen LogP contribution in [0.3, 0.4) is 0 Å².